The molecule has 0 amide bonds. The van der Waals surface area contributed by atoms with E-state index in [0.29, 0.717) is 6.07 Å². The van der Waals surface area contributed by atoms with Gasteiger partial charge >= 0.3 is 158 Å². The number of nitrogens with zero attached hydrogens (tertiary/aromatic N) is 4. The number of anilines is 1. The summed E-state index contributed by atoms with van der Waals surface area (Å²) in [6, 6.07) is 11.1. The third-order valence-corrected chi connectivity index (χ3v) is 10.6. The van der Waals surface area contributed by atoms with E-state index in [1.54, 1.807) is 0 Å². The van der Waals surface area contributed by atoms with E-state index in [9.17, 15) is 49.9 Å². The molecule has 28 nitrogen and oxygen atoms in total. The molecule has 359 valence electrons. The van der Waals surface area contributed by atoms with Gasteiger partial charge in [-0.3, -0.25) is 9.11 Å². The minimum absolute atomic E-state index is 0. The van der Waals surface area contributed by atoms with Crippen LogP contribution in [-0.4, -0.2) is 119 Å². The number of benzene rings is 4. The van der Waals surface area contributed by atoms with E-state index in [1.165, 1.54) is 25.3 Å². The average molecular weight is 1180 g/mol. The van der Waals surface area contributed by atoms with Crippen LogP contribution in [0.3, 0.4) is 0 Å². The summed E-state index contributed by atoms with van der Waals surface area (Å²) < 4.78 is 181. The van der Waals surface area contributed by atoms with Crippen molar-refractivity contribution in [3.63, 3.8) is 0 Å². The summed E-state index contributed by atoms with van der Waals surface area (Å²) in [6.45, 7) is 5.91. The van der Waals surface area contributed by atoms with Gasteiger partial charge in [-0.05, 0) is 24.3 Å². The van der Waals surface area contributed by atoms with E-state index >= 15 is 0 Å². The molecule has 0 spiro atoms. The van der Waals surface area contributed by atoms with Crippen LogP contribution >= 0.6 is 0 Å². The molecular weight excluding hydrogens is 1160 g/mol. The number of aliphatic carboxylic acids is 1. The van der Waals surface area contributed by atoms with Gasteiger partial charge in [0.15, 0.2) is 19.7 Å². The fourth-order valence-corrected chi connectivity index (χ4v) is 6.70. The minimum Gasteiger partial charge on any atom is -0.744 e. The van der Waals surface area contributed by atoms with Crippen molar-refractivity contribution in [3.05, 3.63) is 68.4 Å². The van der Waals surface area contributed by atoms with Crippen molar-refractivity contribution in [2.24, 2.45) is 20.5 Å². The summed E-state index contributed by atoms with van der Waals surface area (Å²) in [5.41, 5.74) is -1.24. The van der Waals surface area contributed by atoms with Gasteiger partial charge in [-0.2, -0.15) is 27.5 Å². The monoisotopic (exact) mass is 1180 g/mol. The Labute approximate surface area is 517 Å². The molecule has 0 heterocycles. The van der Waals surface area contributed by atoms with Crippen molar-refractivity contribution < 1.29 is 267 Å². The van der Waals surface area contributed by atoms with E-state index in [-0.39, 0.29) is 209 Å². The molecule has 0 saturated heterocycles. The molecule has 0 aromatic heterocycles. The van der Waals surface area contributed by atoms with Crippen molar-refractivity contribution >= 4 is 106 Å². The number of phenolic OH excluding ortho intramolecular Hbond substituents is 2. The number of phenols is 2. The predicted octanol–water partition coefficient (Wildman–Crippen LogP) is -14.8. The number of sulfone groups is 2. The number of hydrogen-bond acceptors (Lipinski definition) is 26. The van der Waals surface area contributed by atoms with Crippen LogP contribution in [0, 0.1) is 19.9 Å². The Hall–Kier alpha value is -0.301. The van der Waals surface area contributed by atoms with Gasteiger partial charge in [-0.1, -0.05) is 28.3 Å². The number of hydrogen-bond donors (Lipinski definition) is 5. The van der Waals surface area contributed by atoms with E-state index in [1.807, 2.05) is 0 Å². The van der Waals surface area contributed by atoms with Gasteiger partial charge in [0.2, 0.25) is 20.8 Å². The fraction of sp³-hybridized carbons (Fsp3) is 0.138. The van der Waals surface area contributed by atoms with Gasteiger partial charge < -0.3 is 57.7 Å². The first-order valence-corrected chi connectivity index (χ1v) is 23.8. The summed E-state index contributed by atoms with van der Waals surface area (Å²) >= 11 is 0. The number of nitrogens with one attached hydrogen (secondary N) is 1. The summed E-state index contributed by atoms with van der Waals surface area (Å²) in [4.78, 5) is 9.31. The second kappa shape index (κ2) is 35.0. The van der Waals surface area contributed by atoms with Crippen LogP contribution < -0.4 is 163 Å². The Balaban J connectivity index is -0.000000436. The Morgan fingerprint density at radius 1 is 0.725 bits per heavy atom. The van der Waals surface area contributed by atoms with Gasteiger partial charge in [0.1, 0.15) is 37.9 Å². The zero-order chi connectivity index (χ0) is 48.9. The summed E-state index contributed by atoms with van der Waals surface area (Å²) in [5.74, 6) is -3.92. The van der Waals surface area contributed by atoms with Crippen molar-refractivity contribution in [2.75, 3.05) is 30.5 Å². The molecular formula is C29H26CuN5Na5O23S6-2. The van der Waals surface area contributed by atoms with Crippen molar-refractivity contribution in [1.29, 1.82) is 0 Å². The standard InChI is InChI=1S/C29H26N5O12S3.Cu.5Na.2H2O4S.O3S/c1-4-47(39,40)16-6-9-19(25(12-16)49(43,44)45)31-34-28-17-7-11-21(29(38)18(17)8-10-20(28)30-15-27(36)37)32-33-22-13-24(46-3)26(14-23(22)35)48(41,42)5-2;;;;;;;2*1-5(2,3)4;1-4(2)3/h6-10,12-14,30,35,38H,1-2,4-5,15H2,3H3,(H,36,37)(H,43,44,45);;;;;;;2*(H2,1,2,3,4);/q-3;;5*+1;;;/p-4. The van der Waals surface area contributed by atoms with Crippen LogP contribution in [0.5, 0.6) is 17.2 Å². The van der Waals surface area contributed by atoms with Gasteiger partial charge in [-0.15, -0.1) is 17.7 Å². The third kappa shape index (κ3) is 29.4. The molecule has 0 aliphatic carbocycles. The molecule has 69 heavy (non-hydrogen) atoms. The van der Waals surface area contributed by atoms with Crippen LogP contribution in [-0.2, 0) is 83.1 Å². The molecule has 1 radical (unpaired) electrons. The molecule has 4 aromatic carbocycles. The largest absolute Gasteiger partial charge is 1.00 e. The van der Waals surface area contributed by atoms with E-state index in [0.717, 1.165) is 24.3 Å². The van der Waals surface area contributed by atoms with E-state index in [4.69, 9.17) is 52.4 Å². The fourth-order valence-electron chi connectivity index (χ4n) is 4.22. The van der Waals surface area contributed by atoms with Gasteiger partial charge in [0.05, 0.1) is 40.8 Å². The maximum Gasteiger partial charge on any atom is 1.00 e. The number of carboxylic acid groups (broad SMARTS) is 1. The van der Waals surface area contributed by atoms with Gasteiger partial charge in [-0.25, -0.2) is 42.1 Å². The number of carboxylic acids is 1. The number of fused-ring (bicyclic) bond motifs is 1. The summed E-state index contributed by atoms with van der Waals surface area (Å²) in [5, 5.41) is 50.8. The molecule has 0 aliphatic rings. The quantitative estimate of drug-likeness (QED) is 0.0273. The molecule has 4 aromatic rings. The molecule has 0 saturated carbocycles. The maximum atomic E-state index is 12.3. The molecule has 0 fully saturated rings. The molecule has 0 bridgehead atoms. The number of carbonyl (C=O) groups excluding carboxylic acids is 1. The van der Waals surface area contributed by atoms with Crippen molar-refractivity contribution in [2.45, 2.75) is 14.7 Å². The van der Waals surface area contributed by atoms with Crippen LogP contribution in [0.2, 0.25) is 0 Å². The smallest absolute Gasteiger partial charge is 0.744 e. The van der Waals surface area contributed by atoms with Crippen LogP contribution in [0.25, 0.3) is 10.8 Å². The predicted molar refractivity (Wildman–Crippen MR) is 205 cm³/mol. The molecule has 4 rings (SSSR count). The Bertz CT molecular complexity index is 3090. The summed E-state index contributed by atoms with van der Waals surface area (Å²) in [7, 11) is -24.9. The number of aromatic hydroxyl groups is 2. The van der Waals surface area contributed by atoms with E-state index < -0.39 is 112 Å². The minimum atomic E-state index is -5.28. The molecule has 40 heteroatoms. The second-order valence-corrected chi connectivity index (χ2v) is 18.5. The average Bonchev–Trinajstić information content (AvgIpc) is 3.14. The maximum absolute atomic E-state index is 12.3. The van der Waals surface area contributed by atoms with E-state index in [2.05, 4.69) is 45.7 Å². The van der Waals surface area contributed by atoms with Crippen LogP contribution in [0.4, 0.5) is 28.4 Å². The third-order valence-electron chi connectivity index (χ3n) is 6.68. The number of rotatable bonds is 13. The topological polar surface area (TPSA) is 483 Å². The molecule has 0 aliphatic heterocycles. The molecule has 0 atom stereocenters. The first kappa shape index (κ1) is 80.1. The molecule has 0 unspecified atom stereocenters. The zero-order valence-electron chi connectivity index (χ0n) is 36.2. The SMILES string of the molecule is O=S(=O)([O-])O.O=S(=O)([O-])O.O=S(=O)=O.[CH2-]CS(=O)(=O)c1ccc(N=Nc2c(NCC(=O)[O-])ccc3c(O)c(N=Nc4cc(OC)c(S(=O)(=O)C[CH2-])cc4O)[c-]cc23)c(S(=O)(=O)[O-])c1.[Cu].[Na+].[Na+].[Na+].[Na+].[Na+]. The Morgan fingerprint density at radius 3 is 1.64 bits per heavy atom. The Morgan fingerprint density at radius 2 is 1.20 bits per heavy atom. The number of carbonyl (C=O) groups is 1. The Kier molecular flexibility index (Phi) is 40.7. The normalized spacial score (nSPS) is 11.0. The molecule has 5 N–H and O–H groups in total. The summed E-state index contributed by atoms with van der Waals surface area (Å²) in [6.07, 6.45) is 0. The number of methoxy groups -OCH3 is 1. The first-order chi connectivity index (χ1) is 28.7. The van der Waals surface area contributed by atoms with Crippen LogP contribution in [0.15, 0.2) is 83.7 Å². The van der Waals surface area contributed by atoms with Gasteiger partial charge in [0.25, 0.3) is 0 Å². The first-order valence-electron chi connectivity index (χ1n) is 15.3. The number of azo groups is 2. The second-order valence-electron chi connectivity index (χ2n) is 10.8. The van der Waals surface area contributed by atoms with Crippen molar-refractivity contribution in [3.8, 4) is 17.2 Å². The van der Waals surface area contributed by atoms with Crippen molar-refractivity contribution in [1.82, 2.24) is 0 Å². The number of ether oxygens (including phenoxy) is 1. The van der Waals surface area contributed by atoms with Gasteiger partial charge in [0, 0.05) is 40.6 Å². The zero-order valence-corrected chi connectivity index (χ0v) is 52.1. The van der Waals surface area contributed by atoms with Crippen LogP contribution in [0.1, 0.15) is 0 Å².